The van der Waals surface area contributed by atoms with Crippen molar-refractivity contribution in [3.63, 3.8) is 0 Å². The fraction of sp³-hybridized carbons (Fsp3) is 0.500. The minimum absolute atomic E-state index is 0.0146. The fourth-order valence-corrected chi connectivity index (χ4v) is 3.21. The van der Waals surface area contributed by atoms with Gasteiger partial charge in [0.15, 0.2) is 0 Å². The number of aromatic carboxylic acids is 1. The number of aromatic nitrogens is 2. The average molecular weight is 302 g/mol. The summed E-state index contributed by atoms with van der Waals surface area (Å²) in [7, 11) is -2.16. The molecular formula is C10H14N4O5S. The van der Waals surface area contributed by atoms with Crippen LogP contribution in [0, 0.1) is 5.92 Å². The summed E-state index contributed by atoms with van der Waals surface area (Å²) >= 11 is 0. The molecule has 20 heavy (non-hydrogen) atoms. The molecule has 1 atom stereocenters. The van der Waals surface area contributed by atoms with Gasteiger partial charge in [-0.05, 0) is 0 Å². The minimum atomic E-state index is -3.68. The first-order valence-corrected chi connectivity index (χ1v) is 7.46. The van der Waals surface area contributed by atoms with E-state index in [9.17, 15) is 18.0 Å². The molecule has 0 bridgehead atoms. The molecule has 1 amide bonds. The third kappa shape index (κ3) is 2.80. The van der Waals surface area contributed by atoms with E-state index in [1.54, 1.807) is 0 Å². The number of rotatable bonds is 4. The molecule has 0 spiro atoms. The lowest BCUT2D eigenvalue weighted by molar-refractivity contribution is -0.117. The lowest BCUT2D eigenvalue weighted by Gasteiger charge is -2.17. The van der Waals surface area contributed by atoms with Crippen LogP contribution in [-0.4, -0.2) is 47.5 Å². The fourth-order valence-electron chi connectivity index (χ4n) is 2.33. The van der Waals surface area contributed by atoms with Crippen LogP contribution >= 0.6 is 0 Å². The third-order valence-corrected chi connectivity index (χ3v) is 4.00. The summed E-state index contributed by atoms with van der Waals surface area (Å²) < 4.78 is 23.4. The number of amides is 1. The molecule has 0 radical (unpaired) electrons. The molecule has 110 valence electrons. The zero-order chi connectivity index (χ0) is 15.1. The number of hydrogen-bond donors (Lipinski definition) is 2. The van der Waals surface area contributed by atoms with Gasteiger partial charge in [0.05, 0.1) is 11.9 Å². The lowest BCUT2D eigenvalue weighted by Crippen LogP contribution is -2.30. The highest BCUT2D eigenvalue weighted by molar-refractivity contribution is 7.89. The first-order valence-electron chi connectivity index (χ1n) is 5.75. The number of nitrogens with two attached hydrogens (primary N) is 1. The van der Waals surface area contributed by atoms with Gasteiger partial charge < -0.3 is 5.11 Å². The minimum Gasteiger partial charge on any atom is -0.477 e. The SMILES string of the molecule is Cn1ncc(C(=O)O)c1N1CC(CS(N)(=O)=O)CC1=O. The van der Waals surface area contributed by atoms with Crippen LogP contribution in [0.15, 0.2) is 6.20 Å². The van der Waals surface area contributed by atoms with Gasteiger partial charge in [-0.1, -0.05) is 0 Å². The normalized spacial score (nSPS) is 19.6. The van der Waals surface area contributed by atoms with Crippen LogP contribution in [-0.2, 0) is 21.9 Å². The van der Waals surface area contributed by atoms with Crippen molar-refractivity contribution in [1.82, 2.24) is 9.78 Å². The number of aryl methyl sites for hydroxylation is 1. The zero-order valence-electron chi connectivity index (χ0n) is 10.7. The van der Waals surface area contributed by atoms with Crippen molar-refractivity contribution in [1.29, 1.82) is 0 Å². The Morgan fingerprint density at radius 3 is 2.80 bits per heavy atom. The molecule has 2 heterocycles. The molecule has 1 aromatic heterocycles. The van der Waals surface area contributed by atoms with Crippen LogP contribution in [0.1, 0.15) is 16.8 Å². The quantitative estimate of drug-likeness (QED) is 0.714. The number of sulfonamides is 1. The van der Waals surface area contributed by atoms with Crippen LogP contribution in [0.25, 0.3) is 0 Å². The molecule has 2 rings (SSSR count). The van der Waals surface area contributed by atoms with Gasteiger partial charge in [-0.15, -0.1) is 0 Å². The van der Waals surface area contributed by atoms with Crippen LogP contribution in [0.5, 0.6) is 0 Å². The summed E-state index contributed by atoms with van der Waals surface area (Å²) in [4.78, 5) is 24.3. The maximum atomic E-state index is 12.0. The molecule has 1 unspecified atom stereocenters. The van der Waals surface area contributed by atoms with Crippen molar-refractivity contribution in [2.75, 3.05) is 17.2 Å². The molecule has 1 aliphatic rings. The summed E-state index contributed by atoms with van der Waals surface area (Å²) in [6.45, 7) is 0.106. The third-order valence-electron chi connectivity index (χ3n) is 3.07. The van der Waals surface area contributed by atoms with Gasteiger partial charge in [-0.25, -0.2) is 18.4 Å². The standard InChI is InChI=1S/C10H14N4O5S/c1-13-9(7(3-12-13)10(16)17)14-4-6(2-8(14)15)5-20(11,18)19/h3,6H,2,4-5H2,1H3,(H,16,17)(H2,11,18,19). The predicted octanol–water partition coefficient (Wildman–Crippen LogP) is -1.24. The monoisotopic (exact) mass is 302 g/mol. The van der Waals surface area contributed by atoms with Gasteiger partial charge in [0.25, 0.3) is 0 Å². The molecule has 10 heteroatoms. The summed E-state index contributed by atoms with van der Waals surface area (Å²) in [6, 6.07) is 0. The molecule has 1 fully saturated rings. The van der Waals surface area contributed by atoms with E-state index in [1.165, 1.54) is 16.6 Å². The highest BCUT2D eigenvalue weighted by Gasteiger charge is 2.36. The van der Waals surface area contributed by atoms with Crippen molar-refractivity contribution in [3.05, 3.63) is 11.8 Å². The first kappa shape index (κ1) is 14.5. The second-order valence-corrected chi connectivity index (χ2v) is 6.37. The van der Waals surface area contributed by atoms with Crippen molar-refractivity contribution in [3.8, 4) is 0 Å². The van der Waals surface area contributed by atoms with E-state index in [1.807, 2.05) is 0 Å². The van der Waals surface area contributed by atoms with E-state index in [2.05, 4.69) is 5.10 Å². The van der Waals surface area contributed by atoms with Crippen LogP contribution in [0.2, 0.25) is 0 Å². The summed E-state index contributed by atoms with van der Waals surface area (Å²) in [5.74, 6) is -2.15. The Balaban J connectivity index is 2.29. The Hall–Kier alpha value is -1.94. The number of carbonyl (C=O) groups is 2. The Labute approximate surface area is 115 Å². The van der Waals surface area contributed by atoms with Gasteiger partial charge in [-0.2, -0.15) is 5.10 Å². The average Bonchev–Trinajstić information content (AvgIpc) is 2.79. The topological polar surface area (TPSA) is 136 Å². The number of carboxylic acid groups (broad SMARTS) is 1. The molecule has 1 aromatic rings. The Morgan fingerprint density at radius 2 is 2.25 bits per heavy atom. The van der Waals surface area contributed by atoms with E-state index in [0.717, 1.165) is 6.20 Å². The second-order valence-electron chi connectivity index (χ2n) is 4.71. The summed E-state index contributed by atoms with van der Waals surface area (Å²) in [5.41, 5.74) is -0.0999. The Bertz CT molecular complexity index is 665. The molecule has 1 aliphatic heterocycles. The Kier molecular flexibility index (Phi) is 3.52. The van der Waals surface area contributed by atoms with Crippen molar-refractivity contribution in [2.45, 2.75) is 6.42 Å². The van der Waals surface area contributed by atoms with Gasteiger partial charge in [0.1, 0.15) is 11.4 Å². The van der Waals surface area contributed by atoms with Gasteiger partial charge in [0.2, 0.25) is 15.9 Å². The molecular weight excluding hydrogens is 288 g/mol. The van der Waals surface area contributed by atoms with Crippen molar-refractivity contribution < 1.29 is 23.1 Å². The van der Waals surface area contributed by atoms with Gasteiger partial charge in [-0.3, -0.25) is 14.4 Å². The summed E-state index contributed by atoms with van der Waals surface area (Å²) in [5, 5.41) is 17.8. The van der Waals surface area contributed by atoms with E-state index in [0.29, 0.717) is 0 Å². The maximum Gasteiger partial charge on any atom is 0.341 e. The van der Waals surface area contributed by atoms with Gasteiger partial charge >= 0.3 is 5.97 Å². The number of primary sulfonamides is 1. The molecule has 9 nitrogen and oxygen atoms in total. The molecule has 3 N–H and O–H groups in total. The van der Waals surface area contributed by atoms with E-state index < -0.39 is 21.9 Å². The van der Waals surface area contributed by atoms with Crippen molar-refractivity contribution >= 4 is 27.7 Å². The number of hydrogen-bond acceptors (Lipinski definition) is 5. The first-order chi connectivity index (χ1) is 9.19. The maximum absolute atomic E-state index is 12.0. The lowest BCUT2D eigenvalue weighted by atomic mass is 10.1. The molecule has 1 saturated heterocycles. The summed E-state index contributed by atoms with van der Waals surface area (Å²) in [6.07, 6.45) is 1.17. The number of carboxylic acids is 1. The van der Waals surface area contributed by atoms with Crippen LogP contribution in [0.4, 0.5) is 5.82 Å². The van der Waals surface area contributed by atoms with Crippen molar-refractivity contribution in [2.24, 2.45) is 18.1 Å². The van der Waals surface area contributed by atoms with E-state index in [4.69, 9.17) is 10.2 Å². The highest BCUT2D eigenvalue weighted by Crippen LogP contribution is 2.28. The molecule has 0 saturated carbocycles. The molecule has 0 aliphatic carbocycles. The zero-order valence-corrected chi connectivity index (χ0v) is 11.5. The smallest absolute Gasteiger partial charge is 0.341 e. The van der Waals surface area contributed by atoms with Gasteiger partial charge in [0, 0.05) is 25.9 Å². The van der Waals surface area contributed by atoms with Crippen LogP contribution in [0.3, 0.4) is 0 Å². The van der Waals surface area contributed by atoms with E-state index in [-0.39, 0.29) is 36.0 Å². The highest BCUT2D eigenvalue weighted by atomic mass is 32.2. The molecule has 0 aromatic carbocycles. The predicted molar refractivity (Wildman–Crippen MR) is 68.6 cm³/mol. The number of carbonyl (C=O) groups excluding carboxylic acids is 1. The largest absolute Gasteiger partial charge is 0.477 e. The van der Waals surface area contributed by atoms with E-state index >= 15 is 0 Å². The van der Waals surface area contributed by atoms with Crippen LogP contribution < -0.4 is 10.0 Å². The number of nitrogens with zero attached hydrogens (tertiary/aromatic N) is 3. The Morgan fingerprint density at radius 1 is 1.60 bits per heavy atom. The number of anilines is 1. The second kappa shape index (κ2) is 4.87.